The van der Waals surface area contributed by atoms with Crippen LogP contribution in [0.3, 0.4) is 0 Å². The summed E-state index contributed by atoms with van der Waals surface area (Å²) in [4.78, 5) is 27.1. The molecular weight excluding hydrogens is 430 g/mol. The predicted octanol–water partition coefficient (Wildman–Crippen LogP) is 4.40. The Labute approximate surface area is 168 Å². The summed E-state index contributed by atoms with van der Waals surface area (Å²) in [6, 6.07) is 15.1. The lowest BCUT2D eigenvalue weighted by molar-refractivity contribution is -0.136. The van der Waals surface area contributed by atoms with E-state index in [0.717, 1.165) is 15.7 Å². The summed E-state index contributed by atoms with van der Waals surface area (Å²) in [6.45, 7) is 0.634. The first-order chi connectivity index (χ1) is 13.0. The number of carboxylic acids is 1. The highest BCUT2D eigenvalue weighted by Gasteiger charge is 2.11. The number of carboxylic acid groups (broad SMARTS) is 1. The van der Waals surface area contributed by atoms with Crippen molar-refractivity contribution in [2.75, 3.05) is 10.6 Å². The third kappa shape index (κ3) is 5.38. The molecule has 0 unspecified atom stereocenters. The number of amides is 1. The van der Waals surface area contributed by atoms with E-state index in [1.54, 1.807) is 17.5 Å². The number of nitrogens with one attached hydrogen (secondary N) is 2. The SMILES string of the molecule is O=C(O)Cc1csc(NC(=O)c2ccc(CNc3ccccc3Br)cc2)n1. The molecule has 0 spiro atoms. The van der Waals surface area contributed by atoms with Gasteiger partial charge in [-0.2, -0.15) is 0 Å². The Balaban J connectivity index is 1.58. The summed E-state index contributed by atoms with van der Waals surface area (Å²) < 4.78 is 0.992. The number of carbonyl (C=O) groups is 2. The van der Waals surface area contributed by atoms with Crippen molar-refractivity contribution in [3.05, 3.63) is 75.2 Å². The quantitative estimate of drug-likeness (QED) is 0.501. The van der Waals surface area contributed by atoms with Gasteiger partial charge in [0.25, 0.3) is 5.91 Å². The van der Waals surface area contributed by atoms with Gasteiger partial charge in [-0.05, 0) is 45.8 Å². The third-order valence-corrected chi connectivity index (χ3v) is 5.18. The van der Waals surface area contributed by atoms with E-state index in [2.05, 4.69) is 31.5 Å². The Morgan fingerprint density at radius 3 is 2.56 bits per heavy atom. The summed E-state index contributed by atoms with van der Waals surface area (Å²) in [7, 11) is 0. The first-order valence-corrected chi connectivity index (χ1v) is 9.73. The van der Waals surface area contributed by atoms with E-state index >= 15 is 0 Å². The molecule has 0 aliphatic rings. The zero-order chi connectivity index (χ0) is 19.2. The summed E-state index contributed by atoms with van der Waals surface area (Å²) in [5.41, 5.74) is 2.98. The van der Waals surface area contributed by atoms with Gasteiger partial charge < -0.3 is 10.4 Å². The first kappa shape index (κ1) is 19.1. The highest BCUT2D eigenvalue weighted by Crippen LogP contribution is 2.22. The number of aromatic nitrogens is 1. The number of aliphatic carboxylic acids is 1. The molecule has 0 fully saturated rings. The van der Waals surface area contributed by atoms with Crippen LogP contribution >= 0.6 is 27.3 Å². The molecule has 0 saturated heterocycles. The van der Waals surface area contributed by atoms with Crippen molar-refractivity contribution in [2.24, 2.45) is 0 Å². The van der Waals surface area contributed by atoms with Crippen molar-refractivity contribution in [3.8, 4) is 0 Å². The van der Waals surface area contributed by atoms with Crippen LogP contribution in [-0.2, 0) is 17.8 Å². The first-order valence-electron chi connectivity index (χ1n) is 8.06. The van der Waals surface area contributed by atoms with Gasteiger partial charge >= 0.3 is 5.97 Å². The highest BCUT2D eigenvalue weighted by atomic mass is 79.9. The van der Waals surface area contributed by atoms with E-state index in [4.69, 9.17) is 5.11 Å². The number of halogens is 1. The van der Waals surface area contributed by atoms with Crippen molar-refractivity contribution < 1.29 is 14.7 Å². The Kier molecular flexibility index (Phi) is 6.20. The lowest BCUT2D eigenvalue weighted by atomic mass is 10.1. The van der Waals surface area contributed by atoms with E-state index in [-0.39, 0.29) is 12.3 Å². The monoisotopic (exact) mass is 445 g/mol. The Hall–Kier alpha value is -2.71. The van der Waals surface area contributed by atoms with Crippen LogP contribution in [0.4, 0.5) is 10.8 Å². The fourth-order valence-electron chi connectivity index (χ4n) is 2.35. The average molecular weight is 446 g/mol. The molecule has 8 heteroatoms. The van der Waals surface area contributed by atoms with Crippen molar-refractivity contribution in [1.82, 2.24) is 4.98 Å². The van der Waals surface area contributed by atoms with E-state index in [0.29, 0.717) is 22.9 Å². The molecule has 0 radical (unpaired) electrons. The van der Waals surface area contributed by atoms with E-state index < -0.39 is 5.97 Å². The van der Waals surface area contributed by atoms with Crippen LogP contribution in [0.1, 0.15) is 21.6 Å². The fourth-order valence-corrected chi connectivity index (χ4v) is 3.48. The maximum Gasteiger partial charge on any atom is 0.309 e. The van der Waals surface area contributed by atoms with E-state index in [9.17, 15) is 9.59 Å². The number of hydrogen-bond donors (Lipinski definition) is 3. The van der Waals surface area contributed by atoms with Gasteiger partial charge in [-0.1, -0.05) is 24.3 Å². The lowest BCUT2D eigenvalue weighted by Crippen LogP contribution is -2.12. The van der Waals surface area contributed by atoms with Gasteiger partial charge in [-0.3, -0.25) is 14.9 Å². The van der Waals surface area contributed by atoms with Gasteiger partial charge in [0.1, 0.15) is 0 Å². The standard InChI is InChI=1S/C19H16BrN3O3S/c20-15-3-1-2-4-16(15)21-10-12-5-7-13(8-6-12)18(26)23-19-22-14(11-27-19)9-17(24)25/h1-8,11,21H,9-10H2,(H,24,25)(H,22,23,26). The summed E-state index contributed by atoms with van der Waals surface area (Å²) in [6.07, 6.45) is -0.161. The lowest BCUT2D eigenvalue weighted by Gasteiger charge is -2.09. The van der Waals surface area contributed by atoms with Gasteiger partial charge in [0.15, 0.2) is 5.13 Å². The molecule has 3 N–H and O–H groups in total. The molecule has 0 aliphatic heterocycles. The number of hydrogen-bond acceptors (Lipinski definition) is 5. The third-order valence-electron chi connectivity index (χ3n) is 3.68. The zero-order valence-corrected chi connectivity index (χ0v) is 16.5. The highest BCUT2D eigenvalue weighted by molar-refractivity contribution is 9.10. The zero-order valence-electron chi connectivity index (χ0n) is 14.1. The molecule has 3 aromatic rings. The van der Waals surface area contributed by atoms with Crippen molar-refractivity contribution in [1.29, 1.82) is 0 Å². The van der Waals surface area contributed by atoms with Crippen LogP contribution in [0.2, 0.25) is 0 Å². The topological polar surface area (TPSA) is 91.3 Å². The normalized spacial score (nSPS) is 10.4. The van der Waals surface area contributed by atoms with Gasteiger partial charge in [0, 0.05) is 27.6 Å². The second-order valence-electron chi connectivity index (χ2n) is 5.70. The van der Waals surface area contributed by atoms with Crippen molar-refractivity contribution in [2.45, 2.75) is 13.0 Å². The van der Waals surface area contributed by atoms with E-state index in [1.165, 1.54) is 11.3 Å². The van der Waals surface area contributed by atoms with Gasteiger partial charge in [0.05, 0.1) is 12.1 Å². The number of rotatable bonds is 7. The summed E-state index contributed by atoms with van der Waals surface area (Å²) in [5.74, 6) is -1.23. The fraction of sp³-hybridized carbons (Fsp3) is 0.105. The largest absolute Gasteiger partial charge is 0.481 e. The maximum absolute atomic E-state index is 12.3. The minimum absolute atomic E-state index is 0.161. The molecule has 6 nitrogen and oxygen atoms in total. The van der Waals surface area contributed by atoms with Gasteiger partial charge in [-0.15, -0.1) is 11.3 Å². The molecule has 0 bridgehead atoms. The average Bonchev–Trinajstić information content (AvgIpc) is 3.07. The number of carbonyl (C=O) groups excluding carboxylic acids is 1. The molecule has 1 aromatic heterocycles. The summed E-state index contributed by atoms with van der Waals surface area (Å²) >= 11 is 4.70. The molecule has 0 atom stereocenters. The molecule has 2 aromatic carbocycles. The molecule has 0 saturated carbocycles. The second kappa shape index (κ2) is 8.79. The van der Waals surface area contributed by atoms with Crippen LogP contribution in [0.5, 0.6) is 0 Å². The number of para-hydroxylation sites is 1. The summed E-state index contributed by atoms with van der Waals surface area (Å²) in [5, 5.41) is 16.8. The minimum atomic E-state index is -0.954. The van der Waals surface area contributed by atoms with Crippen LogP contribution in [-0.4, -0.2) is 22.0 Å². The molecule has 1 amide bonds. The van der Waals surface area contributed by atoms with Crippen LogP contribution < -0.4 is 10.6 Å². The molecule has 138 valence electrons. The van der Waals surface area contributed by atoms with Crippen LogP contribution in [0, 0.1) is 0 Å². The van der Waals surface area contributed by atoms with E-state index in [1.807, 2.05) is 36.4 Å². The number of benzene rings is 2. The van der Waals surface area contributed by atoms with Crippen molar-refractivity contribution in [3.63, 3.8) is 0 Å². The molecule has 3 rings (SSSR count). The minimum Gasteiger partial charge on any atom is -0.481 e. The Morgan fingerprint density at radius 2 is 1.85 bits per heavy atom. The van der Waals surface area contributed by atoms with Crippen molar-refractivity contribution >= 4 is 50.0 Å². The Bertz CT molecular complexity index is 957. The number of anilines is 2. The number of thiazole rings is 1. The second-order valence-corrected chi connectivity index (χ2v) is 7.41. The van der Waals surface area contributed by atoms with Crippen LogP contribution in [0.15, 0.2) is 58.4 Å². The molecule has 0 aliphatic carbocycles. The van der Waals surface area contributed by atoms with Gasteiger partial charge in [-0.25, -0.2) is 4.98 Å². The number of nitrogens with zero attached hydrogens (tertiary/aromatic N) is 1. The van der Waals surface area contributed by atoms with Gasteiger partial charge in [0.2, 0.25) is 0 Å². The van der Waals surface area contributed by atoms with Crippen LogP contribution in [0.25, 0.3) is 0 Å². The molecule has 1 heterocycles. The smallest absolute Gasteiger partial charge is 0.309 e. The molecule has 27 heavy (non-hydrogen) atoms. The predicted molar refractivity (Wildman–Crippen MR) is 109 cm³/mol. The Morgan fingerprint density at radius 1 is 1.11 bits per heavy atom. The maximum atomic E-state index is 12.3. The molecular formula is C19H16BrN3O3S.